The quantitative estimate of drug-likeness (QED) is 0.611. The number of aryl methyl sites for hydroxylation is 2. The number of anilines is 1. The maximum atomic E-state index is 12.7. The van der Waals surface area contributed by atoms with Crippen molar-refractivity contribution in [3.8, 4) is 5.75 Å². The third-order valence-corrected chi connectivity index (χ3v) is 4.55. The van der Waals surface area contributed by atoms with E-state index in [9.17, 15) is 4.79 Å². The van der Waals surface area contributed by atoms with Gasteiger partial charge < -0.3 is 14.8 Å². The molecule has 0 unspecified atom stereocenters. The topological polar surface area (TPSA) is 47.6 Å². The molecule has 144 valence electrons. The van der Waals surface area contributed by atoms with Crippen LogP contribution in [0.25, 0.3) is 0 Å². The molecule has 0 aromatic heterocycles. The molecule has 0 spiro atoms. The molecule has 28 heavy (non-hydrogen) atoms. The van der Waals surface area contributed by atoms with Crippen LogP contribution < -0.4 is 10.1 Å². The molecular weight excluding hydrogens is 350 g/mol. The number of nitrogens with one attached hydrogen (secondary N) is 1. The zero-order chi connectivity index (χ0) is 19.9. The number of methoxy groups -OCH3 is 1. The van der Waals surface area contributed by atoms with E-state index in [0.29, 0.717) is 24.5 Å². The summed E-state index contributed by atoms with van der Waals surface area (Å²) >= 11 is 0. The van der Waals surface area contributed by atoms with Gasteiger partial charge in [-0.2, -0.15) is 0 Å². The maximum Gasteiger partial charge on any atom is 0.255 e. The van der Waals surface area contributed by atoms with Crippen molar-refractivity contribution in [2.24, 2.45) is 0 Å². The molecule has 0 fully saturated rings. The van der Waals surface area contributed by atoms with Crippen molar-refractivity contribution in [3.63, 3.8) is 0 Å². The van der Waals surface area contributed by atoms with E-state index in [1.54, 1.807) is 19.2 Å². The second-order valence-electron chi connectivity index (χ2n) is 6.78. The van der Waals surface area contributed by atoms with Crippen LogP contribution in [0.4, 0.5) is 5.69 Å². The summed E-state index contributed by atoms with van der Waals surface area (Å²) in [5, 5.41) is 2.99. The summed E-state index contributed by atoms with van der Waals surface area (Å²) in [5.74, 6) is 0.553. The van der Waals surface area contributed by atoms with E-state index in [-0.39, 0.29) is 5.91 Å². The highest BCUT2D eigenvalue weighted by Gasteiger charge is 2.12. The van der Waals surface area contributed by atoms with Crippen molar-refractivity contribution in [1.29, 1.82) is 0 Å². The van der Waals surface area contributed by atoms with E-state index in [0.717, 1.165) is 27.9 Å². The summed E-state index contributed by atoms with van der Waals surface area (Å²) in [7, 11) is 1.62. The predicted molar refractivity (Wildman–Crippen MR) is 112 cm³/mol. The fourth-order valence-corrected chi connectivity index (χ4v) is 2.95. The Kier molecular flexibility index (Phi) is 6.45. The second-order valence-corrected chi connectivity index (χ2v) is 6.78. The molecule has 1 N–H and O–H groups in total. The van der Waals surface area contributed by atoms with E-state index in [1.165, 1.54) is 0 Å². The number of ether oxygens (including phenoxy) is 2. The summed E-state index contributed by atoms with van der Waals surface area (Å²) in [6.45, 7) is 4.85. The van der Waals surface area contributed by atoms with E-state index in [2.05, 4.69) is 5.32 Å². The van der Waals surface area contributed by atoms with Crippen molar-refractivity contribution in [2.75, 3.05) is 12.4 Å². The molecule has 3 rings (SSSR count). The van der Waals surface area contributed by atoms with Crippen LogP contribution in [0, 0.1) is 13.8 Å². The average molecular weight is 375 g/mol. The number of benzene rings is 3. The van der Waals surface area contributed by atoms with Gasteiger partial charge in [0.2, 0.25) is 0 Å². The molecule has 3 aromatic rings. The monoisotopic (exact) mass is 375 g/mol. The lowest BCUT2D eigenvalue weighted by Crippen LogP contribution is -2.13. The Labute approximate surface area is 166 Å². The van der Waals surface area contributed by atoms with Crippen LogP contribution in [-0.4, -0.2) is 13.0 Å². The van der Waals surface area contributed by atoms with Crippen LogP contribution >= 0.6 is 0 Å². The van der Waals surface area contributed by atoms with Crippen LogP contribution in [0.1, 0.15) is 32.6 Å². The lowest BCUT2D eigenvalue weighted by atomic mass is 10.1. The van der Waals surface area contributed by atoms with Gasteiger partial charge in [0.1, 0.15) is 5.75 Å². The Balaban J connectivity index is 1.72. The molecule has 0 saturated carbocycles. The molecule has 4 nitrogen and oxygen atoms in total. The highest BCUT2D eigenvalue weighted by Crippen LogP contribution is 2.23. The summed E-state index contributed by atoms with van der Waals surface area (Å²) < 4.78 is 11.2. The van der Waals surface area contributed by atoms with Gasteiger partial charge in [-0.1, -0.05) is 42.5 Å². The number of carbonyl (C=O) groups excluding carboxylic acids is 1. The van der Waals surface area contributed by atoms with Crippen LogP contribution in [0.5, 0.6) is 5.75 Å². The predicted octanol–water partition coefficient (Wildman–Crippen LogP) is 5.28. The first-order chi connectivity index (χ1) is 13.6. The molecule has 0 aliphatic heterocycles. The van der Waals surface area contributed by atoms with Crippen LogP contribution in [0.2, 0.25) is 0 Å². The molecule has 0 atom stereocenters. The van der Waals surface area contributed by atoms with Crippen LogP contribution in [0.3, 0.4) is 0 Å². The van der Waals surface area contributed by atoms with Gasteiger partial charge in [-0.05, 0) is 54.8 Å². The Morgan fingerprint density at radius 3 is 2.46 bits per heavy atom. The highest BCUT2D eigenvalue weighted by atomic mass is 16.5. The summed E-state index contributed by atoms with van der Waals surface area (Å²) in [5.41, 5.74) is 5.46. The van der Waals surface area contributed by atoms with Crippen molar-refractivity contribution in [1.82, 2.24) is 0 Å². The van der Waals surface area contributed by atoms with E-state index < -0.39 is 0 Å². The van der Waals surface area contributed by atoms with Crippen molar-refractivity contribution < 1.29 is 14.3 Å². The molecular formula is C24H25NO3. The summed E-state index contributed by atoms with van der Waals surface area (Å²) in [6.07, 6.45) is 0. The van der Waals surface area contributed by atoms with Crippen molar-refractivity contribution >= 4 is 11.6 Å². The molecule has 0 heterocycles. The molecule has 0 radical (unpaired) electrons. The highest BCUT2D eigenvalue weighted by molar-refractivity contribution is 6.04. The van der Waals surface area contributed by atoms with Gasteiger partial charge in [0.25, 0.3) is 5.91 Å². The van der Waals surface area contributed by atoms with Gasteiger partial charge in [0.15, 0.2) is 0 Å². The lowest BCUT2D eigenvalue weighted by Gasteiger charge is -2.13. The van der Waals surface area contributed by atoms with Gasteiger partial charge in [-0.25, -0.2) is 0 Å². The molecule has 3 aromatic carbocycles. The van der Waals surface area contributed by atoms with E-state index in [4.69, 9.17) is 9.47 Å². The number of rotatable bonds is 7. The standard InChI is InChI=1S/C24H25NO3/c1-17-9-10-18(2)22(13-17)25-24(26)20-11-12-23(27-3)21(14-20)16-28-15-19-7-5-4-6-8-19/h4-14H,15-16H2,1-3H3,(H,25,26). The summed E-state index contributed by atoms with van der Waals surface area (Å²) in [4.78, 5) is 12.7. The fourth-order valence-electron chi connectivity index (χ4n) is 2.95. The Bertz CT molecular complexity index is 951. The smallest absolute Gasteiger partial charge is 0.255 e. The number of hydrogen-bond acceptors (Lipinski definition) is 3. The first-order valence-corrected chi connectivity index (χ1v) is 9.24. The largest absolute Gasteiger partial charge is 0.496 e. The van der Waals surface area contributed by atoms with E-state index in [1.807, 2.05) is 68.4 Å². The van der Waals surface area contributed by atoms with Crippen molar-refractivity contribution in [2.45, 2.75) is 27.1 Å². The SMILES string of the molecule is COc1ccc(C(=O)Nc2cc(C)ccc2C)cc1COCc1ccccc1. The Morgan fingerprint density at radius 1 is 0.929 bits per heavy atom. The number of hydrogen-bond donors (Lipinski definition) is 1. The van der Waals surface area contributed by atoms with Crippen LogP contribution in [0.15, 0.2) is 66.7 Å². The molecule has 0 aliphatic carbocycles. The summed E-state index contributed by atoms with van der Waals surface area (Å²) in [6, 6.07) is 21.4. The molecule has 0 aliphatic rings. The number of carbonyl (C=O) groups is 1. The lowest BCUT2D eigenvalue weighted by molar-refractivity contribution is 0.102. The zero-order valence-electron chi connectivity index (χ0n) is 16.5. The third kappa shape index (κ3) is 4.99. The zero-order valence-corrected chi connectivity index (χ0v) is 16.5. The minimum absolute atomic E-state index is 0.152. The maximum absolute atomic E-state index is 12.7. The Morgan fingerprint density at radius 2 is 1.71 bits per heavy atom. The van der Waals surface area contributed by atoms with Crippen LogP contribution in [-0.2, 0) is 18.0 Å². The van der Waals surface area contributed by atoms with Gasteiger partial charge in [0.05, 0.1) is 20.3 Å². The van der Waals surface area contributed by atoms with E-state index >= 15 is 0 Å². The minimum Gasteiger partial charge on any atom is -0.496 e. The van der Waals surface area contributed by atoms with Gasteiger partial charge in [-0.3, -0.25) is 4.79 Å². The molecule has 0 bridgehead atoms. The van der Waals surface area contributed by atoms with Gasteiger partial charge in [0, 0.05) is 16.8 Å². The molecule has 1 amide bonds. The fraction of sp³-hybridized carbons (Fsp3) is 0.208. The molecule has 4 heteroatoms. The number of amides is 1. The van der Waals surface area contributed by atoms with Gasteiger partial charge in [-0.15, -0.1) is 0 Å². The first-order valence-electron chi connectivity index (χ1n) is 9.24. The minimum atomic E-state index is -0.152. The van der Waals surface area contributed by atoms with Gasteiger partial charge >= 0.3 is 0 Å². The average Bonchev–Trinajstić information content (AvgIpc) is 2.71. The van der Waals surface area contributed by atoms with Crippen molar-refractivity contribution in [3.05, 3.63) is 94.5 Å². The molecule has 0 saturated heterocycles. The third-order valence-electron chi connectivity index (χ3n) is 4.55. The normalized spacial score (nSPS) is 10.5. The second kappa shape index (κ2) is 9.20. The first kappa shape index (κ1) is 19.6. The Hall–Kier alpha value is -3.11.